The molecule has 2 rings (SSSR count). The maximum absolute atomic E-state index is 12.1. The number of nitrogens with one attached hydrogen (secondary N) is 2. The van der Waals surface area contributed by atoms with Gasteiger partial charge in [-0.1, -0.05) is 34.1 Å². The van der Waals surface area contributed by atoms with Crippen molar-refractivity contribution in [2.45, 2.75) is 71.8 Å². The molecule has 2 N–H and O–H groups in total. The molecule has 4 heteroatoms. The summed E-state index contributed by atoms with van der Waals surface area (Å²) in [5.41, 5.74) is -0.0214. The van der Waals surface area contributed by atoms with Gasteiger partial charge in [0.2, 0.25) is 0 Å². The van der Waals surface area contributed by atoms with Crippen molar-refractivity contribution in [2.75, 3.05) is 6.54 Å². The van der Waals surface area contributed by atoms with Gasteiger partial charge in [-0.05, 0) is 43.4 Å². The fourth-order valence-corrected chi connectivity index (χ4v) is 3.87. The van der Waals surface area contributed by atoms with E-state index in [1.807, 2.05) is 4.90 Å². The first-order chi connectivity index (χ1) is 9.31. The third kappa shape index (κ3) is 2.57. The summed E-state index contributed by atoms with van der Waals surface area (Å²) >= 11 is 0. The standard InChI is InChI=1S/C16H29N3O/c1-5-11-19-14(20)18-13(17)16(19)9-6-7-12(8-10-16)15(2,3)4/h12H,5-11H2,1-4H3,(H2,17,18,20). The molecule has 2 amide bonds. The highest BCUT2D eigenvalue weighted by Gasteiger charge is 2.50. The molecule has 2 atom stereocenters. The lowest BCUT2D eigenvalue weighted by atomic mass is 9.76. The van der Waals surface area contributed by atoms with Crippen LogP contribution in [0.15, 0.2) is 0 Å². The number of carbonyl (C=O) groups excluding carboxylic acids is 1. The van der Waals surface area contributed by atoms with Crippen molar-refractivity contribution in [3.63, 3.8) is 0 Å². The van der Waals surface area contributed by atoms with E-state index < -0.39 is 0 Å². The lowest BCUT2D eigenvalue weighted by Crippen LogP contribution is -2.49. The smallest absolute Gasteiger partial charge is 0.312 e. The van der Waals surface area contributed by atoms with Crippen molar-refractivity contribution in [1.29, 1.82) is 5.41 Å². The van der Waals surface area contributed by atoms with Gasteiger partial charge in [-0.2, -0.15) is 0 Å². The lowest BCUT2D eigenvalue weighted by Gasteiger charge is -2.36. The van der Waals surface area contributed by atoms with Crippen LogP contribution in [-0.4, -0.2) is 28.9 Å². The molecule has 1 aliphatic heterocycles. The quantitative estimate of drug-likeness (QED) is 0.794. The number of nitrogens with zero attached hydrogens (tertiary/aromatic N) is 1. The van der Waals surface area contributed by atoms with E-state index in [-0.39, 0.29) is 11.6 Å². The molecule has 0 bridgehead atoms. The highest BCUT2D eigenvalue weighted by atomic mass is 16.2. The minimum absolute atomic E-state index is 0.0638. The van der Waals surface area contributed by atoms with Crippen LogP contribution < -0.4 is 5.32 Å². The van der Waals surface area contributed by atoms with Gasteiger partial charge in [0, 0.05) is 6.54 Å². The first-order valence-electron chi connectivity index (χ1n) is 7.99. The zero-order valence-corrected chi connectivity index (χ0v) is 13.4. The Morgan fingerprint density at radius 2 is 2.05 bits per heavy atom. The number of rotatable bonds is 2. The summed E-state index contributed by atoms with van der Waals surface area (Å²) in [5, 5.41) is 11.0. The van der Waals surface area contributed by atoms with Crippen molar-refractivity contribution in [3.05, 3.63) is 0 Å². The summed E-state index contributed by atoms with van der Waals surface area (Å²) in [7, 11) is 0. The van der Waals surface area contributed by atoms with Crippen molar-refractivity contribution in [2.24, 2.45) is 11.3 Å². The Morgan fingerprint density at radius 1 is 1.35 bits per heavy atom. The van der Waals surface area contributed by atoms with Gasteiger partial charge >= 0.3 is 6.03 Å². The monoisotopic (exact) mass is 279 g/mol. The Balaban J connectivity index is 2.21. The van der Waals surface area contributed by atoms with Gasteiger partial charge in [-0.25, -0.2) is 4.79 Å². The molecule has 1 saturated heterocycles. The first-order valence-corrected chi connectivity index (χ1v) is 7.99. The van der Waals surface area contributed by atoms with Gasteiger partial charge in [-0.3, -0.25) is 10.7 Å². The molecule has 1 aliphatic carbocycles. The van der Waals surface area contributed by atoms with E-state index in [0.717, 1.165) is 38.6 Å². The number of amidine groups is 1. The molecule has 1 heterocycles. The Bertz CT molecular complexity index is 399. The fraction of sp³-hybridized carbons (Fsp3) is 0.875. The lowest BCUT2D eigenvalue weighted by molar-refractivity contribution is 0.157. The van der Waals surface area contributed by atoms with Gasteiger partial charge in [0.05, 0.1) is 0 Å². The Hall–Kier alpha value is -1.06. The van der Waals surface area contributed by atoms with Crippen LogP contribution in [0.2, 0.25) is 0 Å². The summed E-state index contributed by atoms with van der Waals surface area (Å²) in [4.78, 5) is 14.0. The molecule has 0 radical (unpaired) electrons. The van der Waals surface area contributed by atoms with Crippen molar-refractivity contribution < 1.29 is 4.79 Å². The highest BCUT2D eigenvalue weighted by molar-refractivity contribution is 6.08. The molecular formula is C16H29N3O. The number of hydrogen-bond acceptors (Lipinski definition) is 2. The van der Waals surface area contributed by atoms with Crippen LogP contribution in [0.4, 0.5) is 4.79 Å². The summed E-state index contributed by atoms with van der Waals surface area (Å²) in [6.07, 6.45) is 6.27. The van der Waals surface area contributed by atoms with Crippen LogP contribution in [0.25, 0.3) is 0 Å². The van der Waals surface area contributed by atoms with Gasteiger partial charge in [0.15, 0.2) is 0 Å². The second-order valence-electron chi connectivity index (χ2n) is 7.48. The second kappa shape index (κ2) is 5.38. The number of amides is 2. The molecule has 2 unspecified atom stereocenters. The molecule has 2 aliphatic rings. The van der Waals surface area contributed by atoms with Crippen LogP contribution in [0, 0.1) is 16.7 Å². The largest absolute Gasteiger partial charge is 0.323 e. The predicted octanol–water partition coefficient (Wildman–Crippen LogP) is 3.76. The first kappa shape index (κ1) is 15.3. The Morgan fingerprint density at radius 3 is 2.65 bits per heavy atom. The van der Waals surface area contributed by atoms with Crippen molar-refractivity contribution >= 4 is 11.9 Å². The second-order valence-corrected chi connectivity index (χ2v) is 7.48. The third-order valence-corrected chi connectivity index (χ3v) is 5.18. The third-order valence-electron chi connectivity index (χ3n) is 5.18. The maximum Gasteiger partial charge on any atom is 0.323 e. The average molecular weight is 279 g/mol. The van der Waals surface area contributed by atoms with E-state index in [0.29, 0.717) is 17.2 Å². The van der Waals surface area contributed by atoms with Crippen LogP contribution in [0.3, 0.4) is 0 Å². The van der Waals surface area contributed by atoms with E-state index in [2.05, 4.69) is 33.0 Å². The van der Waals surface area contributed by atoms with Gasteiger partial charge in [0.1, 0.15) is 11.4 Å². The molecule has 0 aromatic heterocycles. The van der Waals surface area contributed by atoms with E-state index >= 15 is 0 Å². The van der Waals surface area contributed by atoms with Gasteiger partial charge in [-0.15, -0.1) is 0 Å². The van der Waals surface area contributed by atoms with E-state index in [9.17, 15) is 4.79 Å². The Labute approximate surface area is 122 Å². The molecule has 0 aromatic carbocycles. The molecule has 4 nitrogen and oxygen atoms in total. The van der Waals surface area contributed by atoms with Crippen LogP contribution in [-0.2, 0) is 0 Å². The van der Waals surface area contributed by atoms with E-state index in [1.54, 1.807) is 0 Å². The van der Waals surface area contributed by atoms with E-state index in [4.69, 9.17) is 5.41 Å². The molecule has 1 saturated carbocycles. The molecule has 0 aromatic rings. The minimum Gasteiger partial charge on any atom is -0.312 e. The summed E-state index contributed by atoms with van der Waals surface area (Å²) in [5.74, 6) is 1.12. The Kier molecular flexibility index (Phi) is 4.12. The van der Waals surface area contributed by atoms with Gasteiger partial charge < -0.3 is 4.90 Å². The maximum atomic E-state index is 12.1. The number of hydrogen-bond donors (Lipinski definition) is 2. The van der Waals surface area contributed by atoms with Crippen molar-refractivity contribution in [1.82, 2.24) is 10.2 Å². The van der Waals surface area contributed by atoms with E-state index in [1.165, 1.54) is 6.42 Å². The molecule has 1 spiro atoms. The summed E-state index contributed by atoms with van der Waals surface area (Å²) in [6.45, 7) is 9.78. The molecule has 2 fully saturated rings. The topological polar surface area (TPSA) is 56.2 Å². The van der Waals surface area contributed by atoms with Crippen molar-refractivity contribution in [3.8, 4) is 0 Å². The zero-order chi connectivity index (χ0) is 15.0. The number of carbonyl (C=O) groups is 1. The minimum atomic E-state index is -0.340. The van der Waals surface area contributed by atoms with Crippen LogP contribution >= 0.6 is 0 Å². The normalized spacial score (nSPS) is 31.6. The predicted molar refractivity (Wildman–Crippen MR) is 82.0 cm³/mol. The SMILES string of the molecule is CCCN1C(=O)NC(=N)C12CCCC(C(C)(C)C)CC2. The molecule has 114 valence electrons. The summed E-state index contributed by atoms with van der Waals surface area (Å²) in [6, 6.07) is -0.0638. The molecular weight excluding hydrogens is 250 g/mol. The highest BCUT2D eigenvalue weighted by Crippen LogP contribution is 2.43. The van der Waals surface area contributed by atoms with Crippen LogP contribution in [0.5, 0.6) is 0 Å². The van der Waals surface area contributed by atoms with Crippen LogP contribution in [0.1, 0.15) is 66.2 Å². The molecule has 20 heavy (non-hydrogen) atoms. The zero-order valence-electron chi connectivity index (χ0n) is 13.4. The summed E-state index contributed by atoms with van der Waals surface area (Å²) < 4.78 is 0. The average Bonchev–Trinajstić information content (AvgIpc) is 2.55. The van der Waals surface area contributed by atoms with Gasteiger partial charge in [0.25, 0.3) is 0 Å². The number of urea groups is 1. The fourth-order valence-electron chi connectivity index (χ4n) is 3.87.